The van der Waals surface area contributed by atoms with E-state index >= 15 is 0 Å². The van der Waals surface area contributed by atoms with Crippen molar-refractivity contribution in [1.82, 2.24) is 0 Å². The number of aliphatic hydroxyl groups is 2. The van der Waals surface area contributed by atoms with Crippen LogP contribution < -0.4 is 0 Å². The molecule has 0 saturated carbocycles. The Kier molecular flexibility index (Phi) is 4.69. The Bertz CT molecular complexity index is 136. The first-order valence-electron chi connectivity index (χ1n) is 2.51. The third-order valence-corrected chi connectivity index (χ3v) is 0.791. The topological polar surface area (TPSA) is 76.6 Å². The average molecular weight is 128 g/mol. The number of rotatable bonds is 3. The average Bonchev–Trinajstić information content (AvgIpc) is 1.88. The highest BCUT2D eigenvalue weighted by Crippen LogP contribution is 1.83. The summed E-state index contributed by atoms with van der Waals surface area (Å²) in [5, 5.41) is 24.7. The summed E-state index contributed by atoms with van der Waals surface area (Å²) >= 11 is 0. The summed E-state index contributed by atoms with van der Waals surface area (Å²) in [6.45, 7) is -0.338. The van der Waals surface area contributed by atoms with E-state index in [0.717, 1.165) is 0 Å². The summed E-state index contributed by atoms with van der Waals surface area (Å²) in [7, 11) is 0. The molecule has 0 atom stereocenters. The molecule has 0 unspecified atom stereocenters. The number of aliphatic hydroxyl groups excluding tert-OH is 2. The Morgan fingerprint density at radius 1 is 1.56 bits per heavy atom. The van der Waals surface area contributed by atoms with Crippen LogP contribution in [0.3, 0.4) is 0 Å². The third kappa shape index (κ3) is 3.64. The van der Waals surface area contributed by atoms with Crippen LogP contribution in [0.25, 0.3) is 0 Å². The number of nitriles is 1. The van der Waals surface area contributed by atoms with Crippen molar-refractivity contribution in [2.24, 2.45) is 4.99 Å². The minimum Gasteiger partial charge on any atom is -0.396 e. The van der Waals surface area contributed by atoms with Gasteiger partial charge in [-0.05, 0) is 0 Å². The molecule has 0 saturated heterocycles. The summed E-state index contributed by atoms with van der Waals surface area (Å²) < 4.78 is 0. The maximum atomic E-state index is 8.40. The van der Waals surface area contributed by atoms with E-state index in [1.54, 1.807) is 0 Å². The Labute approximate surface area is 53.1 Å². The summed E-state index contributed by atoms with van der Waals surface area (Å²) in [5.74, 6) is 0. The molecule has 2 N–H and O–H groups in total. The minimum absolute atomic E-state index is 0.0823. The van der Waals surface area contributed by atoms with Gasteiger partial charge in [0, 0.05) is 13.0 Å². The van der Waals surface area contributed by atoms with Gasteiger partial charge in [0.05, 0.1) is 12.3 Å². The van der Waals surface area contributed by atoms with Crippen LogP contribution in [0.4, 0.5) is 0 Å². The summed E-state index contributed by atoms with van der Waals surface area (Å²) in [6.07, 6.45) is 1.79. The Morgan fingerprint density at radius 2 is 2.22 bits per heavy atom. The Morgan fingerprint density at radius 3 is 2.56 bits per heavy atom. The van der Waals surface area contributed by atoms with Crippen LogP contribution in [-0.4, -0.2) is 29.1 Å². The van der Waals surface area contributed by atoms with Gasteiger partial charge >= 0.3 is 0 Å². The van der Waals surface area contributed by atoms with Gasteiger partial charge in [-0.15, -0.1) is 0 Å². The molecule has 0 aliphatic rings. The molecule has 4 heteroatoms. The quantitative estimate of drug-likeness (QED) is 0.389. The van der Waals surface area contributed by atoms with Crippen LogP contribution in [0.5, 0.6) is 0 Å². The molecule has 0 fully saturated rings. The standard InChI is InChI=1S/C5H8N2O2/c6-4-7-5(3-9)1-2-8/h8-9H,1-3H2. The predicted octanol–water partition coefficient (Wildman–Crippen LogP) is -0.717. The third-order valence-electron chi connectivity index (χ3n) is 0.791. The van der Waals surface area contributed by atoms with Gasteiger partial charge in [0.25, 0.3) is 0 Å². The zero-order valence-corrected chi connectivity index (χ0v) is 4.91. The SMILES string of the molecule is N#CN=C(CO)CCO. The van der Waals surface area contributed by atoms with Crippen molar-refractivity contribution in [1.29, 1.82) is 5.26 Å². The maximum Gasteiger partial charge on any atom is 0.205 e. The summed E-state index contributed by atoms with van der Waals surface area (Å²) in [5.41, 5.74) is 0.319. The van der Waals surface area contributed by atoms with E-state index in [0.29, 0.717) is 5.71 Å². The van der Waals surface area contributed by atoms with Crippen molar-refractivity contribution in [3.63, 3.8) is 0 Å². The molecule has 4 nitrogen and oxygen atoms in total. The van der Waals surface area contributed by atoms with E-state index < -0.39 is 0 Å². The van der Waals surface area contributed by atoms with Crippen LogP contribution in [0.15, 0.2) is 4.99 Å². The van der Waals surface area contributed by atoms with Crippen LogP contribution >= 0.6 is 0 Å². The number of hydrogen-bond acceptors (Lipinski definition) is 4. The lowest BCUT2D eigenvalue weighted by molar-refractivity contribution is 0.299. The van der Waals surface area contributed by atoms with E-state index in [2.05, 4.69) is 4.99 Å². The monoisotopic (exact) mass is 128 g/mol. The van der Waals surface area contributed by atoms with Gasteiger partial charge in [-0.25, -0.2) is 0 Å². The van der Waals surface area contributed by atoms with Crippen molar-refractivity contribution in [2.45, 2.75) is 6.42 Å². The second-order valence-electron chi connectivity index (χ2n) is 1.41. The zero-order chi connectivity index (χ0) is 7.11. The highest BCUT2D eigenvalue weighted by atomic mass is 16.3. The number of aliphatic imine (C=N–C) groups is 1. The van der Waals surface area contributed by atoms with E-state index in [9.17, 15) is 0 Å². The lowest BCUT2D eigenvalue weighted by Crippen LogP contribution is -2.05. The van der Waals surface area contributed by atoms with Gasteiger partial charge in [0.1, 0.15) is 0 Å². The molecule has 0 heterocycles. The molecule has 0 amide bonds. The Balaban J connectivity index is 3.70. The van der Waals surface area contributed by atoms with Gasteiger partial charge in [-0.2, -0.15) is 10.3 Å². The van der Waals surface area contributed by atoms with Gasteiger partial charge in [0.2, 0.25) is 6.19 Å². The first kappa shape index (κ1) is 8.08. The summed E-state index contributed by atoms with van der Waals surface area (Å²) in [6, 6.07) is 0. The second-order valence-corrected chi connectivity index (χ2v) is 1.41. The summed E-state index contributed by atoms with van der Waals surface area (Å²) in [4.78, 5) is 3.24. The minimum atomic E-state index is -0.256. The first-order valence-corrected chi connectivity index (χ1v) is 2.51. The van der Waals surface area contributed by atoms with Crippen LogP contribution in [0.1, 0.15) is 6.42 Å². The van der Waals surface area contributed by atoms with E-state index in [1.165, 1.54) is 6.19 Å². The molecular formula is C5H8N2O2. The molecule has 0 aliphatic heterocycles. The molecule has 0 aromatic heterocycles. The molecule has 50 valence electrons. The Hall–Kier alpha value is -0.920. The van der Waals surface area contributed by atoms with Crippen LogP contribution in [-0.2, 0) is 0 Å². The van der Waals surface area contributed by atoms with E-state index in [1.807, 2.05) is 0 Å². The van der Waals surface area contributed by atoms with Gasteiger partial charge in [0.15, 0.2) is 0 Å². The van der Waals surface area contributed by atoms with Crippen molar-refractivity contribution in [3.8, 4) is 6.19 Å². The first-order chi connectivity index (χ1) is 4.35. The normalized spacial score (nSPS) is 11.0. The van der Waals surface area contributed by atoms with E-state index in [-0.39, 0.29) is 19.6 Å². The fourth-order valence-corrected chi connectivity index (χ4v) is 0.370. The van der Waals surface area contributed by atoms with Crippen molar-refractivity contribution in [3.05, 3.63) is 0 Å². The molecule has 0 aromatic rings. The molecule has 0 aliphatic carbocycles. The fraction of sp³-hybridized carbons (Fsp3) is 0.600. The molecule has 0 aromatic carbocycles. The lowest BCUT2D eigenvalue weighted by Gasteiger charge is -1.93. The molecule has 0 bridgehead atoms. The highest BCUT2D eigenvalue weighted by Gasteiger charge is 1.93. The molecule has 0 spiro atoms. The lowest BCUT2D eigenvalue weighted by atomic mass is 10.3. The van der Waals surface area contributed by atoms with E-state index in [4.69, 9.17) is 15.5 Å². The zero-order valence-electron chi connectivity index (χ0n) is 4.91. The van der Waals surface area contributed by atoms with Crippen molar-refractivity contribution in [2.75, 3.05) is 13.2 Å². The molecular weight excluding hydrogens is 120 g/mol. The van der Waals surface area contributed by atoms with Crippen LogP contribution in [0.2, 0.25) is 0 Å². The smallest absolute Gasteiger partial charge is 0.205 e. The van der Waals surface area contributed by atoms with Crippen molar-refractivity contribution >= 4 is 5.71 Å². The molecule has 0 rings (SSSR count). The number of hydrogen-bond donors (Lipinski definition) is 2. The second kappa shape index (κ2) is 5.22. The van der Waals surface area contributed by atoms with Gasteiger partial charge in [-0.3, -0.25) is 0 Å². The largest absolute Gasteiger partial charge is 0.396 e. The van der Waals surface area contributed by atoms with Gasteiger partial charge < -0.3 is 10.2 Å². The molecule has 0 radical (unpaired) electrons. The molecule has 9 heavy (non-hydrogen) atoms. The van der Waals surface area contributed by atoms with Crippen LogP contribution in [0, 0.1) is 11.5 Å². The van der Waals surface area contributed by atoms with Gasteiger partial charge in [-0.1, -0.05) is 0 Å². The highest BCUT2D eigenvalue weighted by molar-refractivity contribution is 5.86. The number of nitrogens with zero attached hydrogens (tertiary/aromatic N) is 2. The predicted molar refractivity (Wildman–Crippen MR) is 31.8 cm³/mol. The fourth-order valence-electron chi connectivity index (χ4n) is 0.370. The maximum absolute atomic E-state index is 8.40. The van der Waals surface area contributed by atoms with Crippen molar-refractivity contribution < 1.29 is 10.2 Å².